The first-order valence-corrected chi connectivity index (χ1v) is 13.7. The van der Waals surface area contributed by atoms with Gasteiger partial charge in [0.25, 0.3) is 5.56 Å². The zero-order valence-corrected chi connectivity index (χ0v) is 21.8. The van der Waals surface area contributed by atoms with Crippen molar-refractivity contribution in [2.45, 2.75) is 77.6 Å². The molecule has 1 aromatic carbocycles. The molecule has 0 spiro atoms. The highest BCUT2D eigenvalue weighted by atomic mass is 16.3. The van der Waals surface area contributed by atoms with Gasteiger partial charge in [-0.05, 0) is 85.5 Å². The maximum Gasteiger partial charge on any atom is 0.270 e. The van der Waals surface area contributed by atoms with E-state index in [0.717, 1.165) is 35.3 Å². The van der Waals surface area contributed by atoms with Crippen LogP contribution in [0, 0.1) is 23.2 Å². The number of aliphatic hydroxyl groups excluding tert-OH is 1. The van der Waals surface area contributed by atoms with E-state index in [1.807, 2.05) is 0 Å². The van der Waals surface area contributed by atoms with Crippen LogP contribution in [0.4, 0.5) is 5.95 Å². The number of nitrogens with zero attached hydrogens (tertiary/aromatic N) is 3. The van der Waals surface area contributed by atoms with E-state index >= 15 is 0 Å². The maximum atomic E-state index is 13.3. The van der Waals surface area contributed by atoms with Gasteiger partial charge in [-0.25, -0.2) is 9.50 Å². The molecule has 3 N–H and O–H groups in total. The first-order valence-electron chi connectivity index (χ1n) is 13.7. The van der Waals surface area contributed by atoms with Gasteiger partial charge in [-0.15, -0.1) is 0 Å². The average molecular weight is 490 g/mol. The molecule has 2 aromatic heterocycles. The predicted molar refractivity (Wildman–Crippen MR) is 142 cm³/mol. The minimum Gasteiger partial charge on any atom is -0.396 e. The summed E-state index contributed by atoms with van der Waals surface area (Å²) in [7, 11) is 0. The lowest BCUT2D eigenvalue weighted by molar-refractivity contribution is -0.0521. The third-order valence-corrected chi connectivity index (χ3v) is 8.95. The highest BCUT2D eigenvalue weighted by Crippen LogP contribution is 2.61. The van der Waals surface area contributed by atoms with E-state index < -0.39 is 0 Å². The first kappa shape index (κ1) is 23.7. The molecule has 2 heterocycles. The van der Waals surface area contributed by atoms with Crippen LogP contribution < -0.4 is 10.9 Å². The van der Waals surface area contributed by atoms with Crippen molar-refractivity contribution >= 4 is 11.6 Å². The number of aromatic nitrogens is 4. The second kappa shape index (κ2) is 8.72. The molecule has 0 aliphatic heterocycles. The molecular weight excluding hydrogens is 450 g/mol. The van der Waals surface area contributed by atoms with Crippen LogP contribution in [0.3, 0.4) is 0 Å². The molecule has 7 nitrogen and oxygen atoms in total. The fourth-order valence-electron chi connectivity index (χ4n) is 7.69. The molecule has 7 heteroatoms. The molecule has 3 aromatic rings. The van der Waals surface area contributed by atoms with Gasteiger partial charge in [0.2, 0.25) is 5.95 Å². The summed E-state index contributed by atoms with van der Waals surface area (Å²) in [4.78, 5) is 23.1. The minimum absolute atomic E-state index is 0.0505. The van der Waals surface area contributed by atoms with Crippen molar-refractivity contribution in [3.63, 3.8) is 0 Å². The molecule has 4 fully saturated rings. The Balaban J connectivity index is 1.41. The van der Waals surface area contributed by atoms with E-state index in [1.165, 1.54) is 44.1 Å². The lowest BCUT2D eigenvalue weighted by atomic mass is 9.48. The van der Waals surface area contributed by atoms with Crippen molar-refractivity contribution < 1.29 is 5.11 Å². The second-order valence-corrected chi connectivity index (χ2v) is 12.9. The van der Waals surface area contributed by atoms with E-state index in [2.05, 4.69) is 55.5 Å². The van der Waals surface area contributed by atoms with Gasteiger partial charge in [0.05, 0.1) is 5.56 Å². The second-order valence-electron chi connectivity index (χ2n) is 12.9. The summed E-state index contributed by atoms with van der Waals surface area (Å²) in [6, 6.07) is 8.43. The SMILES string of the molecule is CC(C)(C)c1ccc(-c2nc(NCCCO)n3[nH]c(=O)c(CC45CC6CC(CC(C6)C4)C5)c3n2)cc1. The molecule has 192 valence electrons. The zero-order valence-electron chi connectivity index (χ0n) is 21.8. The minimum atomic E-state index is -0.0505. The summed E-state index contributed by atoms with van der Waals surface area (Å²) in [5, 5.41) is 15.6. The molecule has 4 saturated carbocycles. The Morgan fingerprint density at radius 2 is 1.69 bits per heavy atom. The number of benzene rings is 1. The summed E-state index contributed by atoms with van der Waals surface area (Å²) >= 11 is 0. The predicted octanol–water partition coefficient (Wildman–Crippen LogP) is 4.94. The molecule has 36 heavy (non-hydrogen) atoms. The number of fused-ring (bicyclic) bond motifs is 1. The quantitative estimate of drug-likeness (QED) is 0.409. The van der Waals surface area contributed by atoms with Crippen molar-refractivity contribution in [3.05, 3.63) is 45.7 Å². The van der Waals surface area contributed by atoms with E-state index in [-0.39, 0.29) is 23.0 Å². The van der Waals surface area contributed by atoms with Gasteiger partial charge in [-0.3, -0.25) is 9.89 Å². The topological polar surface area (TPSA) is 95.3 Å². The summed E-state index contributed by atoms with van der Waals surface area (Å²) in [6.45, 7) is 7.28. The third kappa shape index (κ3) is 4.25. The smallest absolute Gasteiger partial charge is 0.270 e. The number of nitrogens with one attached hydrogen (secondary N) is 2. The van der Waals surface area contributed by atoms with Crippen molar-refractivity contribution in [2.24, 2.45) is 23.2 Å². The lowest BCUT2D eigenvalue weighted by Crippen LogP contribution is -2.47. The van der Waals surface area contributed by atoms with Crippen LogP contribution in [0.2, 0.25) is 0 Å². The van der Waals surface area contributed by atoms with Gasteiger partial charge in [-0.1, -0.05) is 45.0 Å². The lowest BCUT2D eigenvalue weighted by Gasteiger charge is -2.57. The van der Waals surface area contributed by atoms with Crippen LogP contribution in [0.15, 0.2) is 29.1 Å². The van der Waals surface area contributed by atoms with Gasteiger partial charge in [0, 0.05) is 18.7 Å². The largest absolute Gasteiger partial charge is 0.396 e. The Kier molecular flexibility index (Phi) is 5.74. The summed E-state index contributed by atoms with van der Waals surface area (Å²) in [5.41, 5.74) is 3.95. The maximum absolute atomic E-state index is 13.3. The number of aromatic amines is 1. The molecule has 0 amide bonds. The van der Waals surface area contributed by atoms with Crippen LogP contribution in [-0.2, 0) is 11.8 Å². The van der Waals surface area contributed by atoms with Crippen molar-refractivity contribution in [2.75, 3.05) is 18.5 Å². The van der Waals surface area contributed by atoms with Crippen LogP contribution in [0.25, 0.3) is 17.0 Å². The fraction of sp³-hybridized carbons (Fsp3) is 0.621. The van der Waals surface area contributed by atoms with Gasteiger partial charge in [0.15, 0.2) is 11.5 Å². The Hall–Kier alpha value is -2.67. The molecule has 0 saturated heterocycles. The van der Waals surface area contributed by atoms with Crippen molar-refractivity contribution in [3.8, 4) is 11.4 Å². The van der Waals surface area contributed by atoms with Gasteiger partial charge in [-0.2, -0.15) is 4.98 Å². The number of rotatable bonds is 7. The monoisotopic (exact) mass is 489 g/mol. The van der Waals surface area contributed by atoms with E-state index in [0.29, 0.717) is 30.4 Å². The number of hydrogen-bond acceptors (Lipinski definition) is 5. The first-order chi connectivity index (χ1) is 17.2. The Bertz CT molecular complexity index is 1280. The highest BCUT2D eigenvalue weighted by Gasteiger charge is 2.51. The zero-order chi connectivity index (χ0) is 25.1. The molecule has 4 aliphatic rings. The Morgan fingerprint density at radius 3 is 2.28 bits per heavy atom. The third-order valence-electron chi connectivity index (χ3n) is 8.95. The standard InChI is InChI=1S/C29H39N5O2/c1-28(2,3)22-7-5-21(6-8-22)24-31-25-23(26(36)33-34(25)27(32-24)30-9-4-10-35)17-29-14-18-11-19(15-29)13-20(12-18)16-29/h5-8,18-20,35H,4,9-17H2,1-3H3,(H,33,36)(H,30,31,32). The summed E-state index contributed by atoms with van der Waals surface area (Å²) in [6.07, 6.45) is 9.34. The normalized spacial score (nSPS) is 27.2. The fourth-order valence-corrected chi connectivity index (χ4v) is 7.69. The van der Waals surface area contributed by atoms with Gasteiger partial charge in [0.1, 0.15) is 0 Å². The number of anilines is 1. The Labute approximate surface area is 212 Å². The molecular formula is C29H39N5O2. The molecule has 4 aliphatic carbocycles. The highest BCUT2D eigenvalue weighted by molar-refractivity contribution is 5.62. The average Bonchev–Trinajstić information content (AvgIpc) is 3.12. The molecule has 0 unspecified atom stereocenters. The van der Waals surface area contributed by atoms with Crippen LogP contribution in [0.1, 0.15) is 76.8 Å². The van der Waals surface area contributed by atoms with Crippen molar-refractivity contribution in [1.29, 1.82) is 0 Å². The van der Waals surface area contributed by atoms with Gasteiger partial charge < -0.3 is 10.4 Å². The molecule has 0 radical (unpaired) electrons. The number of aliphatic hydroxyl groups is 1. The van der Waals surface area contributed by atoms with Crippen LogP contribution in [-0.4, -0.2) is 37.8 Å². The van der Waals surface area contributed by atoms with Gasteiger partial charge >= 0.3 is 0 Å². The van der Waals surface area contributed by atoms with Crippen LogP contribution >= 0.6 is 0 Å². The number of hydrogen-bond donors (Lipinski definition) is 3. The van der Waals surface area contributed by atoms with Crippen LogP contribution in [0.5, 0.6) is 0 Å². The Morgan fingerprint density at radius 1 is 1.06 bits per heavy atom. The van der Waals surface area contributed by atoms with E-state index in [9.17, 15) is 9.90 Å². The molecule has 4 bridgehead atoms. The number of H-pyrrole nitrogens is 1. The van der Waals surface area contributed by atoms with E-state index in [1.54, 1.807) is 4.52 Å². The summed E-state index contributed by atoms with van der Waals surface area (Å²) < 4.78 is 1.72. The van der Waals surface area contributed by atoms with Crippen molar-refractivity contribution in [1.82, 2.24) is 19.6 Å². The molecule has 7 rings (SSSR count). The van der Waals surface area contributed by atoms with E-state index in [4.69, 9.17) is 9.97 Å². The molecule has 0 atom stereocenters. The summed E-state index contributed by atoms with van der Waals surface area (Å²) in [5.74, 6) is 3.70.